The number of hydrogen-bond acceptors (Lipinski definition) is 4. The maximum atomic E-state index is 12.6. The van der Waals surface area contributed by atoms with Gasteiger partial charge in [0.15, 0.2) is 5.11 Å². The second-order valence-corrected chi connectivity index (χ2v) is 7.53. The van der Waals surface area contributed by atoms with E-state index < -0.39 is 5.60 Å². The first-order chi connectivity index (χ1) is 12.9. The summed E-state index contributed by atoms with van der Waals surface area (Å²) in [5.41, 5.74) is 2.49. The highest BCUT2D eigenvalue weighted by atomic mass is 32.1. The monoisotopic (exact) mass is 384 g/mol. The van der Waals surface area contributed by atoms with Crippen LogP contribution in [0.4, 0.5) is 0 Å². The van der Waals surface area contributed by atoms with Crippen LogP contribution < -0.4 is 15.4 Å². The molecule has 1 amide bonds. The zero-order valence-corrected chi connectivity index (χ0v) is 16.7. The summed E-state index contributed by atoms with van der Waals surface area (Å²) in [7, 11) is 0. The Balaban J connectivity index is 2.12. The standard InChI is InChI=1S/C20H24N4O2S/c1-4-22-19(27)23-12-15-18(24-9-5-6-17(24)25)14-10-13(11-21)7-8-16(14)26-20(15,2)3/h7-8,10H,4-6,9,12H2,1-3H3,(H2,22,23,27). The number of carbonyl (C=O) groups excluding carboxylic acids is 1. The van der Waals surface area contributed by atoms with Gasteiger partial charge in [-0.2, -0.15) is 5.26 Å². The van der Waals surface area contributed by atoms with Gasteiger partial charge in [-0.15, -0.1) is 0 Å². The minimum Gasteiger partial charge on any atom is -0.483 e. The van der Waals surface area contributed by atoms with Crippen LogP contribution in [0.2, 0.25) is 0 Å². The van der Waals surface area contributed by atoms with Crippen molar-refractivity contribution in [1.29, 1.82) is 5.26 Å². The van der Waals surface area contributed by atoms with E-state index in [1.54, 1.807) is 12.1 Å². The molecule has 0 atom stereocenters. The number of benzene rings is 1. The van der Waals surface area contributed by atoms with Gasteiger partial charge in [0.1, 0.15) is 11.4 Å². The molecule has 2 aliphatic rings. The minimum absolute atomic E-state index is 0.0998. The first-order valence-electron chi connectivity index (χ1n) is 9.16. The highest BCUT2D eigenvalue weighted by Gasteiger charge is 2.39. The third-order valence-electron chi connectivity index (χ3n) is 4.85. The molecule has 1 aromatic carbocycles. The lowest BCUT2D eigenvalue weighted by Crippen LogP contribution is -2.45. The van der Waals surface area contributed by atoms with Gasteiger partial charge in [-0.25, -0.2) is 0 Å². The highest BCUT2D eigenvalue weighted by Crippen LogP contribution is 2.43. The van der Waals surface area contributed by atoms with Crippen molar-refractivity contribution in [3.8, 4) is 11.8 Å². The van der Waals surface area contributed by atoms with Crippen LogP contribution in [0, 0.1) is 11.3 Å². The number of rotatable bonds is 4. The van der Waals surface area contributed by atoms with Crippen LogP contribution in [0.1, 0.15) is 44.7 Å². The summed E-state index contributed by atoms with van der Waals surface area (Å²) in [5.74, 6) is 0.787. The Morgan fingerprint density at radius 2 is 2.19 bits per heavy atom. The molecule has 2 aliphatic heterocycles. The van der Waals surface area contributed by atoms with Crippen LogP contribution in [0.5, 0.6) is 5.75 Å². The number of carbonyl (C=O) groups is 1. The van der Waals surface area contributed by atoms with E-state index in [1.807, 2.05) is 31.7 Å². The number of nitrogens with zero attached hydrogens (tertiary/aromatic N) is 2. The second-order valence-electron chi connectivity index (χ2n) is 7.12. The fraction of sp³-hybridized carbons (Fsp3) is 0.450. The van der Waals surface area contributed by atoms with Crippen LogP contribution in [0.25, 0.3) is 5.70 Å². The largest absolute Gasteiger partial charge is 0.483 e. The smallest absolute Gasteiger partial charge is 0.227 e. The molecule has 2 heterocycles. The Labute approximate surface area is 165 Å². The quantitative estimate of drug-likeness (QED) is 0.777. The van der Waals surface area contributed by atoms with Gasteiger partial charge >= 0.3 is 0 Å². The summed E-state index contributed by atoms with van der Waals surface area (Å²) in [6.45, 7) is 7.81. The predicted octanol–water partition coefficient (Wildman–Crippen LogP) is 2.55. The number of hydrogen-bond donors (Lipinski definition) is 2. The molecule has 0 saturated carbocycles. The van der Waals surface area contributed by atoms with E-state index in [2.05, 4.69) is 16.7 Å². The first-order valence-corrected chi connectivity index (χ1v) is 9.57. The van der Waals surface area contributed by atoms with E-state index in [4.69, 9.17) is 17.0 Å². The molecule has 0 radical (unpaired) electrons. The zero-order valence-electron chi connectivity index (χ0n) is 15.9. The van der Waals surface area contributed by atoms with Gasteiger partial charge in [0.05, 0.1) is 17.3 Å². The average Bonchev–Trinajstić information content (AvgIpc) is 3.04. The summed E-state index contributed by atoms with van der Waals surface area (Å²) >= 11 is 5.30. The molecule has 6 nitrogen and oxygen atoms in total. The lowest BCUT2D eigenvalue weighted by molar-refractivity contribution is -0.125. The molecular formula is C20H24N4O2S. The maximum absolute atomic E-state index is 12.6. The lowest BCUT2D eigenvalue weighted by atomic mass is 9.88. The fourth-order valence-electron chi connectivity index (χ4n) is 3.54. The number of nitriles is 1. The summed E-state index contributed by atoms with van der Waals surface area (Å²) in [6, 6.07) is 7.52. The molecular weight excluding hydrogens is 360 g/mol. The van der Waals surface area contributed by atoms with E-state index in [0.717, 1.165) is 29.8 Å². The van der Waals surface area contributed by atoms with Crippen molar-refractivity contribution in [3.05, 3.63) is 34.9 Å². The van der Waals surface area contributed by atoms with E-state index in [1.165, 1.54) is 0 Å². The molecule has 3 rings (SSSR count). The fourth-order valence-corrected chi connectivity index (χ4v) is 3.76. The van der Waals surface area contributed by atoms with Crippen LogP contribution in [-0.4, -0.2) is 41.2 Å². The van der Waals surface area contributed by atoms with E-state index in [-0.39, 0.29) is 5.91 Å². The van der Waals surface area contributed by atoms with Crippen molar-refractivity contribution in [2.45, 2.75) is 39.2 Å². The van der Waals surface area contributed by atoms with Gasteiger partial charge in [-0.1, -0.05) is 0 Å². The van der Waals surface area contributed by atoms with Crippen molar-refractivity contribution in [1.82, 2.24) is 15.5 Å². The van der Waals surface area contributed by atoms with E-state index >= 15 is 0 Å². The lowest BCUT2D eigenvalue weighted by Gasteiger charge is -2.39. The summed E-state index contributed by atoms with van der Waals surface area (Å²) in [4.78, 5) is 14.4. The molecule has 0 unspecified atom stereocenters. The Hall–Kier alpha value is -2.59. The zero-order chi connectivity index (χ0) is 19.6. The first kappa shape index (κ1) is 19.2. The van der Waals surface area contributed by atoms with Crippen molar-refractivity contribution in [2.24, 2.45) is 0 Å². The number of likely N-dealkylation sites (tertiary alicyclic amines) is 1. The molecule has 0 aliphatic carbocycles. The van der Waals surface area contributed by atoms with Gasteiger partial charge in [-0.05, 0) is 57.6 Å². The summed E-state index contributed by atoms with van der Waals surface area (Å²) < 4.78 is 6.24. The Kier molecular flexibility index (Phi) is 5.38. The molecule has 1 fully saturated rings. The molecule has 1 aromatic rings. The topological polar surface area (TPSA) is 77.4 Å². The van der Waals surface area contributed by atoms with E-state index in [9.17, 15) is 10.1 Å². The van der Waals surface area contributed by atoms with E-state index in [0.29, 0.717) is 35.9 Å². The summed E-state index contributed by atoms with van der Waals surface area (Å²) in [6.07, 6.45) is 1.36. The van der Waals surface area contributed by atoms with Crippen molar-refractivity contribution < 1.29 is 9.53 Å². The Morgan fingerprint density at radius 1 is 1.41 bits per heavy atom. The SMILES string of the molecule is CCNC(=S)NCC1=C(N2CCCC2=O)c2cc(C#N)ccc2OC1(C)C. The normalized spacial score (nSPS) is 17.9. The van der Waals surface area contributed by atoms with Gasteiger partial charge in [0.25, 0.3) is 0 Å². The molecule has 7 heteroatoms. The molecule has 2 N–H and O–H groups in total. The Morgan fingerprint density at radius 3 is 2.81 bits per heavy atom. The minimum atomic E-state index is -0.617. The molecule has 142 valence electrons. The van der Waals surface area contributed by atoms with Crippen molar-refractivity contribution in [3.63, 3.8) is 0 Å². The molecule has 0 spiro atoms. The average molecular weight is 385 g/mol. The van der Waals surface area contributed by atoms with Gasteiger partial charge < -0.3 is 20.3 Å². The second kappa shape index (κ2) is 7.57. The van der Waals surface area contributed by atoms with Crippen LogP contribution in [0.15, 0.2) is 23.8 Å². The van der Waals surface area contributed by atoms with Gasteiger partial charge in [0.2, 0.25) is 5.91 Å². The third kappa shape index (κ3) is 3.76. The maximum Gasteiger partial charge on any atom is 0.227 e. The highest BCUT2D eigenvalue weighted by molar-refractivity contribution is 7.80. The summed E-state index contributed by atoms with van der Waals surface area (Å²) in [5, 5.41) is 16.2. The number of fused-ring (bicyclic) bond motifs is 1. The number of amides is 1. The third-order valence-corrected chi connectivity index (χ3v) is 5.14. The van der Waals surface area contributed by atoms with Crippen LogP contribution in [-0.2, 0) is 4.79 Å². The van der Waals surface area contributed by atoms with Crippen molar-refractivity contribution >= 4 is 28.9 Å². The number of ether oxygens (including phenoxy) is 1. The van der Waals surface area contributed by atoms with Crippen LogP contribution >= 0.6 is 12.2 Å². The number of thiocarbonyl (C=S) groups is 1. The van der Waals surface area contributed by atoms with Gasteiger partial charge in [0, 0.05) is 37.2 Å². The molecule has 0 aromatic heterocycles. The molecule has 0 bridgehead atoms. The van der Waals surface area contributed by atoms with Gasteiger partial charge in [-0.3, -0.25) is 4.79 Å². The van der Waals surface area contributed by atoms with Crippen LogP contribution in [0.3, 0.4) is 0 Å². The molecule has 27 heavy (non-hydrogen) atoms. The van der Waals surface area contributed by atoms with Crippen molar-refractivity contribution in [2.75, 3.05) is 19.6 Å². The number of nitrogens with one attached hydrogen (secondary N) is 2. The molecule has 1 saturated heterocycles. The Bertz CT molecular complexity index is 854. The predicted molar refractivity (Wildman–Crippen MR) is 108 cm³/mol.